The van der Waals surface area contributed by atoms with Crippen molar-refractivity contribution >= 4 is 45.3 Å². The monoisotopic (exact) mass is 754 g/mol. The summed E-state index contributed by atoms with van der Waals surface area (Å²) in [5, 5.41) is 24.1. The lowest BCUT2D eigenvalue weighted by molar-refractivity contribution is -0.142. The highest BCUT2D eigenvalue weighted by molar-refractivity contribution is 7.90. The molecule has 0 radical (unpaired) electrons. The van der Waals surface area contributed by atoms with Crippen molar-refractivity contribution in [3.63, 3.8) is 0 Å². The number of benzene rings is 2. The van der Waals surface area contributed by atoms with Crippen LogP contribution in [0, 0.1) is 0 Å². The molecule has 288 valence electrons. The number of rotatable bonds is 8. The molecule has 2 heterocycles. The van der Waals surface area contributed by atoms with Crippen LogP contribution in [-0.4, -0.2) is 110 Å². The lowest BCUT2D eigenvalue weighted by Crippen LogP contribution is -2.61. The number of nitrogens with one attached hydrogen (secondary N) is 5. The highest BCUT2D eigenvalue weighted by atomic mass is 32.2. The molecule has 0 unspecified atom stereocenters. The second-order valence-corrected chi connectivity index (χ2v) is 15.7. The topological polar surface area (TPSA) is 220 Å². The Balaban J connectivity index is 1.57. The fourth-order valence-electron chi connectivity index (χ4n) is 6.46. The number of sulfone groups is 1. The first-order chi connectivity index (χ1) is 25.2. The summed E-state index contributed by atoms with van der Waals surface area (Å²) < 4.78 is 23.6. The number of carbonyl (C=O) groups is 6. The molecule has 16 heteroatoms. The standard InChI is InChI=1S/C37H50N6O9S/c1-4-27-33(46)42-32(23(2)44)36(49)41-29(21-24-11-6-5-7-12-24)37(50)43-20-10-14-30(43)35(48)38-19-9-8-13-28(34(47)40-27)39-31(45)22-25-15-17-26(18-16-25)53(3,51)52/h5-7,11-12,15-18,23,27-30,32,44H,4,8-10,13-14,19-22H2,1-3H3,(H,38,48)(H,39,45)(H,40,47)(H,41,49)(H,42,46)/t23-,27+,28+,29-,30+,32+/m1/s1. The fourth-order valence-corrected chi connectivity index (χ4v) is 7.09. The number of hydrogen-bond acceptors (Lipinski definition) is 9. The molecule has 0 aliphatic carbocycles. The smallest absolute Gasteiger partial charge is 0.246 e. The summed E-state index contributed by atoms with van der Waals surface area (Å²) >= 11 is 0. The molecule has 2 aliphatic heterocycles. The lowest BCUT2D eigenvalue weighted by atomic mass is 10.0. The van der Waals surface area contributed by atoms with E-state index in [1.54, 1.807) is 31.2 Å². The molecule has 4 rings (SSSR count). The quantitative estimate of drug-likeness (QED) is 0.212. The van der Waals surface area contributed by atoms with Crippen molar-refractivity contribution in [2.24, 2.45) is 0 Å². The molecule has 0 spiro atoms. The third-order valence-corrected chi connectivity index (χ3v) is 10.6. The van der Waals surface area contributed by atoms with Gasteiger partial charge < -0.3 is 36.6 Å². The summed E-state index contributed by atoms with van der Waals surface area (Å²) in [6, 6.07) is 9.25. The second-order valence-electron chi connectivity index (χ2n) is 13.6. The number of hydrogen-bond donors (Lipinski definition) is 6. The highest BCUT2D eigenvalue weighted by Crippen LogP contribution is 2.20. The van der Waals surface area contributed by atoms with Crippen LogP contribution >= 0.6 is 0 Å². The Bertz CT molecular complexity index is 1740. The van der Waals surface area contributed by atoms with Gasteiger partial charge in [0.15, 0.2) is 9.84 Å². The van der Waals surface area contributed by atoms with Crippen molar-refractivity contribution in [2.75, 3.05) is 19.3 Å². The van der Waals surface area contributed by atoms with E-state index in [1.807, 2.05) is 6.07 Å². The Labute approximate surface area is 309 Å². The van der Waals surface area contributed by atoms with Gasteiger partial charge >= 0.3 is 0 Å². The largest absolute Gasteiger partial charge is 0.391 e. The maximum Gasteiger partial charge on any atom is 0.246 e. The summed E-state index contributed by atoms with van der Waals surface area (Å²) in [7, 11) is -3.43. The zero-order chi connectivity index (χ0) is 38.7. The van der Waals surface area contributed by atoms with Crippen LogP contribution in [0.1, 0.15) is 63.5 Å². The van der Waals surface area contributed by atoms with Crippen LogP contribution in [0.5, 0.6) is 0 Å². The molecule has 15 nitrogen and oxygen atoms in total. The molecule has 6 N–H and O–H groups in total. The Kier molecular flexibility index (Phi) is 14.5. The Morgan fingerprint density at radius 1 is 0.849 bits per heavy atom. The average molecular weight is 755 g/mol. The van der Waals surface area contributed by atoms with E-state index >= 15 is 0 Å². The van der Waals surface area contributed by atoms with E-state index in [0.717, 1.165) is 11.8 Å². The minimum atomic E-state index is -3.43. The van der Waals surface area contributed by atoms with Gasteiger partial charge in [0, 0.05) is 25.8 Å². The molecule has 0 aromatic heterocycles. The van der Waals surface area contributed by atoms with Gasteiger partial charge in [-0.2, -0.15) is 0 Å². The molecule has 6 atom stereocenters. The minimum absolute atomic E-state index is 0.101. The van der Waals surface area contributed by atoms with Crippen molar-refractivity contribution in [1.82, 2.24) is 31.5 Å². The van der Waals surface area contributed by atoms with Crippen LogP contribution in [0.25, 0.3) is 0 Å². The number of fused-ring (bicyclic) bond motifs is 1. The van der Waals surface area contributed by atoms with Gasteiger partial charge in [0.05, 0.1) is 17.4 Å². The summed E-state index contributed by atoms with van der Waals surface area (Å²) in [4.78, 5) is 82.8. The number of aliphatic hydroxyl groups excluding tert-OH is 1. The molecular formula is C37H50N6O9S. The predicted octanol–water partition coefficient (Wildman–Crippen LogP) is -0.104. The molecule has 6 amide bonds. The van der Waals surface area contributed by atoms with E-state index in [0.29, 0.717) is 37.8 Å². The van der Waals surface area contributed by atoms with Crippen molar-refractivity contribution in [1.29, 1.82) is 0 Å². The summed E-state index contributed by atoms with van der Waals surface area (Å²) in [6.07, 6.45) is 1.77. The molecule has 2 fully saturated rings. The van der Waals surface area contributed by atoms with E-state index in [1.165, 1.54) is 36.1 Å². The first-order valence-electron chi connectivity index (χ1n) is 18.0. The number of amides is 6. The van der Waals surface area contributed by atoms with Crippen LogP contribution in [0.4, 0.5) is 0 Å². The van der Waals surface area contributed by atoms with Crippen molar-refractivity contribution in [3.8, 4) is 0 Å². The number of nitrogens with zero attached hydrogens (tertiary/aromatic N) is 1. The summed E-state index contributed by atoms with van der Waals surface area (Å²) in [5.41, 5.74) is 1.27. The molecule has 2 aliphatic rings. The van der Waals surface area contributed by atoms with Gasteiger partial charge in [-0.3, -0.25) is 28.8 Å². The number of carbonyl (C=O) groups excluding carboxylic acids is 6. The maximum absolute atomic E-state index is 14.0. The molecular weight excluding hydrogens is 705 g/mol. The van der Waals surface area contributed by atoms with Gasteiger partial charge in [0.2, 0.25) is 35.4 Å². The molecule has 0 saturated carbocycles. The fraction of sp³-hybridized carbons (Fsp3) is 0.514. The molecule has 2 aromatic carbocycles. The summed E-state index contributed by atoms with van der Waals surface area (Å²) in [5.74, 6) is -3.54. The van der Waals surface area contributed by atoms with Crippen LogP contribution in [-0.2, 0) is 51.4 Å². The van der Waals surface area contributed by atoms with E-state index < -0.39 is 75.7 Å². The lowest BCUT2D eigenvalue weighted by Gasteiger charge is -2.30. The maximum atomic E-state index is 14.0. The van der Waals surface area contributed by atoms with Gasteiger partial charge in [-0.1, -0.05) is 49.4 Å². The second kappa shape index (κ2) is 18.8. The van der Waals surface area contributed by atoms with Crippen LogP contribution in [0.2, 0.25) is 0 Å². The highest BCUT2D eigenvalue weighted by Gasteiger charge is 2.39. The van der Waals surface area contributed by atoms with Gasteiger partial charge in [-0.15, -0.1) is 0 Å². The van der Waals surface area contributed by atoms with Crippen LogP contribution in [0.15, 0.2) is 59.5 Å². The van der Waals surface area contributed by atoms with Crippen molar-refractivity contribution in [3.05, 3.63) is 65.7 Å². The van der Waals surface area contributed by atoms with E-state index in [4.69, 9.17) is 0 Å². The minimum Gasteiger partial charge on any atom is -0.391 e. The molecule has 53 heavy (non-hydrogen) atoms. The SMILES string of the molecule is CC[C@@H]1NC(=O)[C@@H](NC(=O)Cc2ccc(S(C)(=O)=O)cc2)CCCCNC(=O)[C@@H]2CCCN2C(=O)[C@@H](Cc2ccccc2)NC(=O)[C@H]([C@@H](C)O)NC1=O. The van der Waals surface area contributed by atoms with Crippen LogP contribution < -0.4 is 26.6 Å². The van der Waals surface area contributed by atoms with E-state index in [-0.39, 0.29) is 43.0 Å². The molecule has 2 aromatic rings. The Morgan fingerprint density at radius 3 is 2.17 bits per heavy atom. The van der Waals surface area contributed by atoms with Crippen molar-refractivity contribution < 1.29 is 42.3 Å². The first kappa shape index (κ1) is 40.9. The van der Waals surface area contributed by atoms with E-state index in [9.17, 15) is 42.3 Å². The Morgan fingerprint density at radius 2 is 1.53 bits per heavy atom. The van der Waals surface area contributed by atoms with Gasteiger partial charge in [0.1, 0.15) is 30.2 Å². The summed E-state index contributed by atoms with van der Waals surface area (Å²) in [6.45, 7) is 3.51. The first-order valence-corrected chi connectivity index (χ1v) is 19.9. The third kappa shape index (κ3) is 11.6. The number of aliphatic hydroxyl groups is 1. The van der Waals surface area contributed by atoms with Crippen LogP contribution in [0.3, 0.4) is 0 Å². The zero-order valence-corrected chi connectivity index (χ0v) is 31.1. The zero-order valence-electron chi connectivity index (χ0n) is 30.3. The molecule has 2 saturated heterocycles. The van der Waals surface area contributed by atoms with Gasteiger partial charge in [0.25, 0.3) is 0 Å². The molecule has 0 bridgehead atoms. The average Bonchev–Trinajstić information content (AvgIpc) is 3.61. The normalized spacial score (nSPS) is 24.6. The van der Waals surface area contributed by atoms with Crippen molar-refractivity contribution in [2.45, 2.75) is 106 Å². The third-order valence-electron chi connectivity index (χ3n) is 9.43. The predicted molar refractivity (Wildman–Crippen MR) is 195 cm³/mol. The van der Waals surface area contributed by atoms with Gasteiger partial charge in [-0.25, -0.2) is 8.42 Å². The Hall–Kier alpha value is -4.83. The van der Waals surface area contributed by atoms with Gasteiger partial charge in [-0.05, 0) is 68.7 Å². The van der Waals surface area contributed by atoms with E-state index in [2.05, 4.69) is 26.6 Å².